The first-order chi connectivity index (χ1) is 13.0. The lowest BCUT2D eigenvalue weighted by Gasteiger charge is -2.26. The van der Waals surface area contributed by atoms with E-state index in [0.29, 0.717) is 30.8 Å². The van der Waals surface area contributed by atoms with Crippen LogP contribution in [0.3, 0.4) is 0 Å². The summed E-state index contributed by atoms with van der Waals surface area (Å²) in [4.78, 5) is 29.2. The first kappa shape index (κ1) is 19.9. The summed E-state index contributed by atoms with van der Waals surface area (Å²) >= 11 is 0. The van der Waals surface area contributed by atoms with Crippen LogP contribution in [0.15, 0.2) is 10.5 Å². The number of furan rings is 1. The van der Waals surface area contributed by atoms with E-state index in [-0.39, 0.29) is 17.9 Å². The molecule has 150 valence electrons. The Bertz CT molecular complexity index is 648. The molecule has 1 N–H and O–H groups in total. The normalized spacial score (nSPS) is 17.7. The maximum atomic E-state index is 12.8. The molecule has 2 fully saturated rings. The summed E-state index contributed by atoms with van der Waals surface area (Å²) < 4.78 is 10.8. The second-order valence-corrected chi connectivity index (χ2v) is 7.46. The summed E-state index contributed by atoms with van der Waals surface area (Å²) in [5, 5.41) is 2.98. The first-order valence-electron chi connectivity index (χ1n) is 9.99. The molecule has 2 heterocycles. The van der Waals surface area contributed by atoms with Crippen LogP contribution in [-0.4, -0.2) is 73.6 Å². The van der Waals surface area contributed by atoms with Gasteiger partial charge in [0, 0.05) is 38.6 Å². The second kappa shape index (κ2) is 9.37. The molecule has 1 saturated carbocycles. The minimum Gasteiger partial charge on any atom is -0.466 e. The lowest BCUT2D eigenvalue weighted by Crippen LogP contribution is -2.39. The average Bonchev–Trinajstić information content (AvgIpc) is 3.43. The highest BCUT2D eigenvalue weighted by atomic mass is 16.5. The summed E-state index contributed by atoms with van der Waals surface area (Å²) in [6.07, 6.45) is 3.31. The Morgan fingerprint density at radius 1 is 1.26 bits per heavy atom. The van der Waals surface area contributed by atoms with Gasteiger partial charge in [-0.2, -0.15) is 0 Å². The van der Waals surface area contributed by atoms with Crippen LogP contribution in [0.5, 0.6) is 0 Å². The molecule has 0 atom stereocenters. The van der Waals surface area contributed by atoms with Crippen LogP contribution in [0.25, 0.3) is 0 Å². The van der Waals surface area contributed by atoms with Gasteiger partial charge < -0.3 is 19.4 Å². The molecule has 0 radical (unpaired) electrons. The lowest BCUT2D eigenvalue weighted by molar-refractivity contribution is -0.121. The maximum Gasteiger partial charge on any atom is 0.257 e. The summed E-state index contributed by atoms with van der Waals surface area (Å²) in [5.74, 6) is 1.38. The third-order valence-corrected chi connectivity index (χ3v) is 5.18. The summed E-state index contributed by atoms with van der Waals surface area (Å²) in [6, 6.07) is 2.06. The number of nitrogens with zero attached hydrogens (tertiary/aromatic N) is 2. The molecule has 0 bridgehead atoms. The van der Waals surface area contributed by atoms with E-state index in [2.05, 4.69) is 10.2 Å². The van der Waals surface area contributed by atoms with Gasteiger partial charge in [0.25, 0.3) is 5.91 Å². The van der Waals surface area contributed by atoms with E-state index < -0.39 is 0 Å². The highest BCUT2D eigenvalue weighted by Gasteiger charge is 2.34. The van der Waals surface area contributed by atoms with E-state index in [1.165, 1.54) is 0 Å². The van der Waals surface area contributed by atoms with Crippen LogP contribution >= 0.6 is 0 Å². The molecule has 27 heavy (non-hydrogen) atoms. The van der Waals surface area contributed by atoms with Crippen molar-refractivity contribution >= 4 is 11.8 Å². The quantitative estimate of drug-likeness (QED) is 0.664. The zero-order valence-corrected chi connectivity index (χ0v) is 16.5. The third-order valence-electron chi connectivity index (χ3n) is 5.18. The third kappa shape index (κ3) is 5.81. The molecule has 7 nitrogen and oxygen atoms in total. The van der Waals surface area contributed by atoms with Gasteiger partial charge in [0.2, 0.25) is 5.91 Å². The Kier molecular flexibility index (Phi) is 6.90. The summed E-state index contributed by atoms with van der Waals surface area (Å²) in [5.41, 5.74) is 0.616. The molecule has 0 spiro atoms. The van der Waals surface area contributed by atoms with Crippen LogP contribution in [0.2, 0.25) is 0 Å². The van der Waals surface area contributed by atoms with Crippen molar-refractivity contribution in [2.45, 2.75) is 45.6 Å². The van der Waals surface area contributed by atoms with Crippen molar-refractivity contribution in [1.29, 1.82) is 0 Å². The summed E-state index contributed by atoms with van der Waals surface area (Å²) in [7, 11) is 0. The molecule has 3 rings (SSSR count). The first-order valence-corrected chi connectivity index (χ1v) is 9.99. The highest BCUT2D eigenvalue weighted by Crippen LogP contribution is 2.29. The Morgan fingerprint density at radius 3 is 2.63 bits per heavy atom. The van der Waals surface area contributed by atoms with Gasteiger partial charge in [-0.15, -0.1) is 0 Å². The molecule has 7 heteroatoms. The molecule has 1 saturated heterocycles. The van der Waals surface area contributed by atoms with Gasteiger partial charge in [0.05, 0.1) is 18.8 Å². The maximum absolute atomic E-state index is 12.8. The van der Waals surface area contributed by atoms with Crippen LogP contribution < -0.4 is 5.32 Å². The van der Waals surface area contributed by atoms with Crippen LogP contribution in [0.1, 0.15) is 47.6 Å². The number of carbonyl (C=O) groups is 2. The van der Waals surface area contributed by atoms with Crippen LogP contribution in [0.4, 0.5) is 0 Å². The summed E-state index contributed by atoms with van der Waals surface area (Å²) in [6.45, 7) is 9.31. The number of hydrogen-bond donors (Lipinski definition) is 1. The highest BCUT2D eigenvalue weighted by molar-refractivity contribution is 5.96. The van der Waals surface area contributed by atoms with E-state index in [0.717, 1.165) is 57.9 Å². The standard InChI is InChI=1S/C20H31N3O4/c1-15-14-18(16(2)27-15)20(25)23(17-4-5-17)9-6-19(24)21-7-3-8-22-10-12-26-13-11-22/h14,17H,3-13H2,1-2H3,(H,21,24). The minimum atomic E-state index is -0.0213. The van der Waals surface area contributed by atoms with E-state index in [1.807, 2.05) is 18.7 Å². The number of ether oxygens (including phenoxy) is 1. The fourth-order valence-corrected chi connectivity index (χ4v) is 3.50. The largest absolute Gasteiger partial charge is 0.466 e. The van der Waals surface area contributed by atoms with E-state index in [9.17, 15) is 9.59 Å². The zero-order valence-electron chi connectivity index (χ0n) is 16.5. The Labute approximate surface area is 161 Å². The van der Waals surface area contributed by atoms with E-state index >= 15 is 0 Å². The number of hydrogen-bond acceptors (Lipinski definition) is 5. The van der Waals surface area contributed by atoms with Gasteiger partial charge in [0.1, 0.15) is 11.5 Å². The number of rotatable bonds is 9. The van der Waals surface area contributed by atoms with Gasteiger partial charge >= 0.3 is 0 Å². The number of aryl methyl sites for hydroxylation is 2. The van der Waals surface area contributed by atoms with Crippen molar-refractivity contribution in [3.05, 3.63) is 23.2 Å². The van der Waals surface area contributed by atoms with Gasteiger partial charge in [-0.05, 0) is 45.7 Å². The molecule has 1 aliphatic heterocycles. The SMILES string of the molecule is Cc1cc(C(=O)N(CCC(=O)NCCCN2CCOCC2)C2CC2)c(C)o1. The predicted octanol–water partition coefficient (Wildman–Crippen LogP) is 1.73. The number of amides is 2. The van der Waals surface area contributed by atoms with Crippen molar-refractivity contribution in [2.75, 3.05) is 45.9 Å². The Morgan fingerprint density at radius 2 is 2.00 bits per heavy atom. The fraction of sp³-hybridized carbons (Fsp3) is 0.700. The van der Waals surface area contributed by atoms with Crippen molar-refractivity contribution < 1.29 is 18.7 Å². The molecule has 1 aromatic heterocycles. The molecule has 1 aliphatic carbocycles. The van der Waals surface area contributed by atoms with Crippen molar-refractivity contribution in [3.8, 4) is 0 Å². The fourth-order valence-electron chi connectivity index (χ4n) is 3.50. The van der Waals surface area contributed by atoms with Gasteiger partial charge in [-0.1, -0.05) is 0 Å². The number of nitrogens with one attached hydrogen (secondary N) is 1. The monoisotopic (exact) mass is 377 g/mol. The van der Waals surface area contributed by atoms with Crippen molar-refractivity contribution in [2.24, 2.45) is 0 Å². The van der Waals surface area contributed by atoms with Gasteiger partial charge in [-0.25, -0.2) is 0 Å². The second-order valence-electron chi connectivity index (χ2n) is 7.46. The molecular formula is C20H31N3O4. The molecular weight excluding hydrogens is 346 g/mol. The molecule has 2 aliphatic rings. The minimum absolute atomic E-state index is 0.00974. The molecule has 1 aromatic rings. The predicted molar refractivity (Wildman–Crippen MR) is 102 cm³/mol. The molecule has 0 aromatic carbocycles. The number of carbonyl (C=O) groups excluding carboxylic acids is 2. The van der Waals surface area contributed by atoms with Crippen molar-refractivity contribution in [3.63, 3.8) is 0 Å². The smallest absolute Gasteiger partial charge is 0.257 e. The van der Waals surface area contributed by atoms with Crippen molar-refractivity contribution in [1.82, 2.24) is 15.1 Å². The van der Waals surface area contributed by atoms with Gasteiger partial charge in [-0.3, -0.25) is 14.5 Å². The van der Waals surface area contributed by atoms with Crippen LogP contribution in [-0.2, 0) is 9.53 Å². The average molecular weight is 377 g/mol. The Balaban J connectivity index is 1.39. The molecule has 2 amide bonds. The topological polar surface area (TPSA) is 75.0 Å². The van der Waals surface area contributed by atoms with E-state index in [1.54, 1.807) is 6.07 Å². The Hall–Kier alpha value is -1.86. The lowest BCUT2D eigenvalue weighted by atomic mass is 10.2. The van der Waals surface area contributed by atoms with E-state index in [4.69, 9.17) is 9.15 Å². The zero-order chi connectivity index (χ0) is 19.2. The molecule has 0 unspecified atom stereocenters. The number of morpholine rings is 1. The van der Waals surface area contributed by atoms with Crippen LogP contribution in [0, 0.1) is 13.8 Å². The van der Waals surface area contributed by atoms with Gasteiger partial charge in [0.15, 0.2) is 0 Å².